The van der Waals surface area contributed by atoms with Crippen LogP contribution in [0.2, 0.25) is 5.02 Å². The van der Waals surface area contributed by atoms with Crippen LogP contribution in [0.25, 0.3) is 0 Å². The Kier molecular flexibility index (Phi) is 5.48. The second kappa shape index (κ2) is 7.12. The molecule has 0 unspecified atom stereocenters. The van der Waals surface area contributed by atoms with Crippen molar-refractivity contribution in [3.05, 3.63) is 27.7 Å². The summed E-state index contributed by atoms with van der Waals surface area (Å²) in [4.78, 5) is 11.8. The number of rotatable bonds is 4. The average molecular weight is 348 g/mol. The zero-order valence-electron chi connectivity index (χ0n) is 10.4. The van der Waals surface area contributed by atoms with Crippen LogP contribution in [0.15, 0.2) is 22.7 Å². The van der Waals surface area contributed by atoms with Gasteiger partial charge in [-0.05, 0) is 44.1 Å². The lowest BCUT2D eigenvalue weighted by molar-refractivity contribution is -0.123. The van der Waals surface area contributed by atoms with Crippen LogP contribution in [0.4, 0.5) is 0 Å². The standard InChI is InChI=1S/C13H16BrClN2O2/c14-9-1-2-12(11(15)7-9)19-8-13(18)17-10-3-5-16-6-4-10/h1-2,7,10,16H,3-6,8H2,(H,17,18). The molecule has 1 aromatic rings. The normalized spacial score (nSPS) is 16.1. The minimum Gasteiger partial charge on any atom is -0.482 e. The van der Waals surface area contributed by atoms with Gasteiger partial charge in [-0.1, -0.05) is 27.5 Å². The van der Waals surface area contributed by atoms with Gasteiger partial charge in [0, 0.05) is 10.5 Å². The molecule has 1 amide bonds. The molecule has 104 valence electrons. The molecule has 1 fully saturated rings. The van der Waals surface area contributed by atoms with Crippen LogP contribution in [0.1, 0.15) is 12.8 Å². The number of benzene rings is 1. The SMILES string of the molecule is O=C(COc1ccc(Br)cc1Cl)NC1CCNCC1. The Balaban J connectivity index is 1.79. The molecule has 1 aliphatic rings. The summed E-state index contributed by atoms with van der Waals surface area (Å²) in [6.07, 6.45) is 1.93. The van der Waals surface area contributed by atoms with Crippen LogP contribution in [-0.2, 0) is 4.79 Å². The molecule has 0 aromatic heterocycles. The third-order valence-electron chi connectivity index (χ3n) is 2.96. The molecule has 0 saturated carbocycles. The van der Waals surface area contributed by atoms with E-state index in [2.05, 4.69) is 26.6 Å². The van der Waals surface area contributed by atoms with Crippen molar-refractivity contribution < 1.29 is 9.53 Å². The Bertz CT molecular complexity index is 450. The van der Waals surface area contributed by atoms with Gasteiger partial charge in [-0.15, -0.1) is 0 Å². The van der Waals surface area contributed by atoms with E-state index in [4.69, 9.17) is 16.3 Å². The monoisotopic (exact) mass is 346 g/mol. The number of carbonyl (C=O) groups is 1. The average Bonchev–Trinajstić information content (AvgIpc) is 2.39. The smallest absolute Gasteiger partial charge is 0.258 e. The van der Waals surface area contributed by atoms with E-state index in [1.165, 1.54) is 0 Å². The Morgan fingerprint density at radius 3 is 2.89 bits per heavy atom. The Morgan fingerprint density at radius 2 is 2.21 bits per heavy atom. The van der Waals surface area contributed by atoms with Gasteiger partial charge in [0.15, 0.2) is 6.61 Å². The van der Waals surface area contributed by atoms with Gasteiger partial charge in [-0.25, -0.2) is 0 Å². The van der Waals surface area contributed by atoms with Crippen molar-refractivity contribution in [3.8, 4) is 5.75 Å². The Labute approximate surface area is 126 Å². The molecular weight excluding hydrogens is 332 g/mol. The predicted octanol–water partition coefficient (Wildman–Crippen LogP) is 2.35. The van der Waals surface area contributed by atoms with Crippen molar-refractivity contribution >= 4 is 33.4 Å². The summed E-state index contributed by atoms with van der Waals surface area (Å²) < 4.78 is 6.29. The van der Waals surface area contributed by atoms with Crippen LogP contribution >= 0.6 is 27.5 Å². The second-order valence-corrected chi connectivity index (χ2v) is 5.78. The molecule has 4 nitrogen and oxygen atoms in total. The maximum atomic E-state index is 11.8. The second-order valence-electron chi connectivity index (χ2n) is 4.46. The summed E-state index contributed by atoms with van der Waals surface area (Å²) >= 11 is 9.33. The summed E-state index contributed by atoms with van der Waals surface area (Å²) in [6, 6.07) is 5.55. The van der Waals surface area contributed by atoms with E-state index in [9.17, 15) is 4.79 Å². The molecular formula is C13H16BrClN2O2. The fourth-order valence-corrected chi connectivity index (χ4v) is 2.70. The van der Waals surface area contributed by atoms with Crippen molar-refractivity contribution in [2.24, 2.45) is 0 Å². The predicted molar refractivity (Wildman–Crippen MR) is 78.7 cm³/mol. The summed E-state index contributed by atoms with van der Waals surface area (Å²) in [5.41, 5.74) is 0. The first kappa shape index (κ1) is 14.6. The summed E-state index contributed by atoms with van der Waals surface area (Å²) in [7, 11) is 0. The molecule has 2 N–H and O–H groups in total. The molecule has 1 saturated heterocycles. The number of hydrogen-bond acceptors (Lipinski definition) is 3. The number of amides is 1. The minimum absolute atomic E-state index is 0.00865. The summed E-state index contributed by atoms with van der Waals surface area (Å²) in [5, 5.41) is 6.71. The Morgan fingerprint density at radius 1 is 1.47 bits per heavy atom. The van der Waals surface area contributed by atoms with Gasteiger partial charge in [0.1, 0.15) is 5.75 Å². The first-order valence-corrected chi connectivity index (χ1v) is 7.40. The van der Waals surface area contributed by atoms with E-state index < -0.39 is 0 Å². The molecule has 1 heterocycles. The van der Waals surface area contributed by atoms with Gasteiger partial charge in [-0.2, -0.15) is 0 Å². The highest BCUT2D eigenvalue weighted by atomic mass is 79.9. The molecule has 1 aromatic carbocycles. The van der Waals surface area contributed by atoms with Crippen LogP contribution < -0.4 is 15.4 Å². The Hall–Kier alpha value is -0.780. The number of halogens is 2. The zero-order chi connectivity index (χ0) is 13.7. The lowest BCUT2D eigenvalue weighted by Crippen LogP contribution is -2.44. The molecule has 0 aliphatic carbocycles. The first-order chi connectivity index (χ1) is 9.15. The summed E-state index contributed by atoms with van der Waals surface area (Å²) in [5.74, 6) is 0.413. The highest BCUT2D eigenvalue weighted by Gasteiger charge is 2.15. The van der Waals surface area contributed by atoms with Gasteiger partial charge < -0.3 is 15.4 Å². The van der Waals surface area contributed by atoms with Gasteiger partial charge in [0.25, 0.3) is 5.91 Å². The third-order valence-corrected chi connectivity index (χ3v) is 3.75. The lowest BCUT2D eigenvalue weighted by Gasteiger charge is -2.23. The maximum Gasteiger partial charge on any atom is 0.258 e. The first-order valence-electron chi connectivity index (χ1n) is 6.23. The fourth-order valence-electron chi connectivity index (χ4n) is 1.97. The van der Waals surface area contributed by atoms with Crippen LogP contribution in [0, 0.1) is 0 Å². The van der Waals surface area contributed by atoms with Crippen molar-refractivity contribution in [2.75, 3.05) is 19.7 Å². The van der Waals surface area contributed by atoms with E-state index in [0.29, 0.717) is 10.8 Å². The number of hydrogen-bond donors (Lipinski definition) is 2. The minimum atomic E-state index is -0.106. The van der Waals surface area contributed by atoms with Gasteiger partial charge in [-0.3, -0.25) is 4.79 Å². The molecule has 0 bridgehead atoms. The van der Waals surface area contributed by atoms with E-state index >= 15 is 0 Å². The van der Waals surface area contributed by atoms with E-state index in [-0.39, 0.29) is 18.6 Å². The van der Waals surface area contributed by atoms with E-state index in [0.717, 1.165) is 30.4 Å². The molecule has 0 spiro atoms. The lowest BCUT2D eigenvalue weighted by atomic mass is 10.1. The maximum absolute atomic E-state index is 11.8. The van der Waals surface area contributed by atoms with Crippen molar-refractivity contribution in [1.29, 1.82) is 0 Å². The largest absolute Gasteiger partial charge is 0.482 e. The summed E-state index contributed by atoms with van der Waals surface area (Å²) in [6.45, 7) is 1.89. The number of ether oxygens (including phenoxy) is 1. The van der Waals surface area contributed by atoms with E-state index in [1.807, 2.05) is 6.07 Å². The number of nitrogens with one attached hydrogen (secondary N) is 2. The zero-order valence-corrected chi connectivity index (χ0v) is 12.8. The van der Waals surface area contributed by atoms with Crippen molar-refractivity contribution in [3.63, 3.8) is 0 Å². The number of piperidine rings is 1. The highest BCUT2D eigenvalue weighted by Crippen LogP contribution is 2.27. The van der Waals surface area contributed by atoms with Gasteiger partial charge >= 0.3 is 0 Å². The molecule has 19 heavy (non-hydrogen) atoms. The van der Waals surface area contributed by atoms with Crippen molar-refractivity contribution in [2.45, 2.75) is 18.9 Å². The fraction of sp³-hybridized carbons (Fsp3) is 0.462. The molecule has 0 atom stereocenters. The van der Waals surface area contributed by atoms with Crippen LogP contribution in [0.5, 0.6) is 5.75 Å². The molecule has 0 radical (unpaired) electrons. The quantitative estimate of drug-likeness (QED) is 0.879. The highest BCUT2D eigenvalue weighted by molar-refractivity contribution is 9.10. The third kappa shape index (κ3) is 4.67. The van der Waals surface area contributed by atoms with E-state index in [1.54, 1.807) is 12.1 Å². The van der Waals surface area contributed by atoms with Crippen LogP contribution in [-0.4, -0.2) is 31.6 Å². The topological polar surface area (TPSA) is 50.4 Å². The van der Waals surface area contributed by atoms with Crippen molar-refractivity contribution in [1.82, 2.24) is 10.6 Å². The van der Waals surface area contributed by atoms with Gasteiger partial charge in [0.05, 0.1) is 5.02 Å². The molecule has 6 heteroatoms. The molecule has 1 aliphatic heterocycles. The molecule has 2 rings (SSSR count). The van der Waals surface area contributed by atoms with Gasteiger partial charge in [0.2, 0.25) is 0 Å². The van der Waals surface area contributed by atoms with Crippen LogP contribution in [0.3, 0.4) is 0 Å². The number of carbonyl (C=O) groups excluding carboxylic acids is 1.